The van der Waals surface area contributed by atoms with Crippen LogP contribution in [0.2, 0.25) is 0 Å². The molecule has 1 heterocycles. The van der Waals surface area contributed by atoms with Gasteiger partial charge in [-0.3, -0.25) is 9.59 Å². The summed E-state index contributed by atoms with van der Waals surface area (Å²) in [5.74, 6) is -0.254. The highest BCUT2D eigenvalue weighted by atomic mass is 32.1. The van der Waals surface area contributed by atoms with Crippen molar-refractivity contribution in [3.05, 3.63) is 10.6 Å². The summed E-state index contributed by atoms with van der Waals surface area (Å²) in [7, 11) is 1.62. The average Bonchev–Trinajstić information content (AvgIpc) is 2.75. The maximum Gasteiger partial charge on any atom is 0.245 e. The molecule has 1 rings (SSSR count). The SMILES string of the molecule is CCC(=O)N(CCCOC)CC(=O)Nc1nc(C)c(C)s1. The summed E-state index contributed by atoms with van der Waals surface area (Å²) in [6.45, 7) is 6.79. The molecule has 0 aliphatic carbocycles. The minimum Gasteiger partial charge on any atom is -0.385 e. The zero-order valence-corrected chi connectivity index (χ0v) is 13.9. The second-order valence-corrected chi connectivity index (χ2v) is 5.93. The summed E-state index contributed by atoms with van der Waals surface area (Å²) in [4.78, 5) is 30.8. The van der Waals surface area contributed by atoms with Gasteiger partial charge in [-0.15, -0.1) is 11.3 Å². The Morgan fingerprint density at radius 2 is 2.10 bits per heavy atom. The van der Waals surface area contributed by atoms with Crippen molar-refractivity contribution in [2.45, 2.75) is 33.6 Å². The Kier molecular flexibility index (Phi) is 7.31. The Morgan fingerprint density at radius 3 is 2.62 bits per heavy atom. The van der Waals surface area contributed by atoms with Crippen LogP contribution in [0, 0.1) is 13.8 Å². The number of thiazole rings is 1. The van der Waals surface area contributed by atoms with Gasteiger partial charge in [0.2, 0.25) is 11.8 Å². The highest BCUT2D eigenvalue weighted by Crippen LogP contribution is 2.20. The van der Waals surface area contributed by atoms with E-state index in [9.17, 15) is 9.59 Å². The van der Waals surface area contributed by atoms with Crippen molar-refractivity contribution in [2.75, 3.05) is 32.1 Å². The second kappa shape index (κ2) is 8.74. The minimum atomic E-state index is -0.219. The largest absolute Gasteiger partial charge is 0.385 e. The lowest BCUT2D eigenvalue weighted by Crippen LogP contribution is -2.38. The van der Waals surface area contributed by atoms with E-state index in [4.69, 9.17) is 4.74 Å². The molecular weight excluding hydrogens is 290 g/mol. The molecule has 0 unspecified atom stereocenters. The lowest BCUT2D eigenvalue weighted by Gasteiger charge is -2.21. The number of nitrogens with one attached hydrogen (secondary N) is 1. The van der Waals surface area contributed by atoms with Gasteiger partial charge >= 0.3 is 0 Å². The van der Waals surface area contributed by atoms with Gasteiger partial charge in [0.15, 0.2) is 5.13 Å². The van der Waals surface area contributed by atoms with E-state index >= 15 is 0 Å². The number of ether oxygens (including phenoxy) is 1. The van der Waals surface area contributed by atoms with Crippen LogP contribution in [0.15, 0.2) is 0 Å². The van der Waals surface area contributed by atoms with E-state index in [0.717, 1.165) is 10.6 Å². The van der Waals surface area contributed by atoms with Gasteiger partial charge in [-0.05, 0) is 20.3 Å². The Labute approximate surface area is 129 Å². The zero-order chi connectivity index (χ0) is 15.8. The summed E-state index contributed by atoms with van der Waals surface area (Å²) in [5, 5.41) is 3.33. The molecule has 0 aromatic carbocycles. The molecule has 118 valence electrons. The summed E-state index contributed by atoms with van der Waals surface area (Å²) >= 11 is 1.44. The molecule has 7 heteroatoms. The van der Waals surface area contributed by atoms with E-state index in [-0.39, 0.29) is 18.4 Å². The van der Waals surface area contributed by atoms with Gasteiger partial charge in [0.25, 0.3) is 0 Å². The van der Waals surface area contributed by atoms with Crippen LogP contribution < -0.4 is 5.32 Å². The number of hydrogen-bond acceptors (Lipinski definition) is 5. The number of hydrogen-bond donors (Lipinski definition) is 1. The summed E-state index contributed by atoms with van der Waals surface area (Å²) in [6.07, 6.45) is 1.10. The van der Waals surface area contributed by atoms with Gasteiger partial charge in [0, 0.05) is 31.6 Å². The third-order valence-electron chi connectivity index (χ3n) is 3.04. The highest BCUT2D eigenvalue weighted by Gasteiger charge is 2.16. The molecule has 2 amide bonds. The van der Waals surface area contributed by atoms with Crippen molar-refractivity contribution in [1.29, 1.82) is 0 Å². The monoisotopic (exact) mass is 313 g/mol. The summed E-state index contributed by atoms with van der Waals surface area (Å²) in [5.41, 5.74) is 0.914. The first kappa shape index (κ1) is 17.6. The van der Waals surface area contributed by atoms with Gasteiger partial charge in [0.1, 0.15) is 0 Å². The third kappa shape index (κ3) is 5.81. The van der Waals surface area contributed by atoms with Crippen molar-refractivity contribution in [3.63, 3.8) is 0 Å². The number of amides is 2. The number of rotatable bonds is 8. The van der Waals surface area contributed by atoms with Crippen LogP contribution >= 0.6 is 11.3 Å². The first-order valence-electron chi connectivity index (χ1n) is 6.98. The quantitative estimate of drug-likeness (QED) is 0.745. The average molecular weight is 313 g/mol. The van der Waals surface area contributed by atoms with Crippen molar-refractivity contribution in [2.24, 2.45) is 0 Å². The van der Waals surface area contributed by atoms with Crippen molar-refractivity contribution in [3.8, 4) is 0 Å². The molecule has 1 N–H and O–H groups in total. The molecule has 1 aromatic heterocycles. The topological polar surface area (TPSA) is 71.5 Å². The number of nitrogens with zero attached hydrogens (tertiary/aromatic N) is 2. The molecule has 6 nitrogen and oxygen atoms in total. The molecule has 21 heavy (non-hydrogen) atoms. The Morgan fingerprint density at radius 1 is 1.38 bits per heavy atom. The van der Waals surface area contributed by atoms with E-state index in [1.807, 2.05) is 13.8 Å². The number of aromatic nitrogens is 1. The lowest BCUT2D eigenvalue weighted by atomic mass is 10.3. The molecule has 0 radical (unpaired) electrons. The number of carbonyl (C=O) groups is 2. The Hall–Kier alpha value is -1.47. The first-order chi connectivity index (χ1) is 9.97. The smallest absolute Gasteiger partial charge is 0.245 e. The molecule has 0 spiro atoms. The van der Waals surface area contributed by atoms with Gasteiger partial charge in [-0.1, -0.05) is 6.92 Å². The maximum atomic E-state index is 12.0. The number of anilines is 1. The van der Waals surface area contributed by atoms with Crippen LogP contribution in [0.1, 0.15) is 30.3 Å². The van der Waals surface area contributed by atoms with Crippen LogP contribution in [-0.4, -0.2) is 48.5 Å². The van der Waals surface area contributed by atoms with E-state index < -0.39 is 0 Å². The van der Waals surface area contributed by atoms with E-state index in [2.05, 4.69) is 10.3 Å². The van der Waals surface area contributed by atoms with Crippen molar-refractivity contribution < 1.29 is 14.3 Å². The first-order valence-corrected chi connectivity index (χ1v) is 7.80. The highest BCUT2D eigenvalue weighted by molar-refractivity contribution is 7.15. The molecule has 0 bridgehead atoms. The summed E-state index contributed by atoms with van der Waals surface area (Å²) < 4.78 is 4.98. The predicted octanol–water partition coefficient (Wildman–Crippen LogP) is 1.97. The standard InChI is InChI=1S/C14H23N3O3S/c1-5-13(19)17(7-6-8-20-4)9-12(18)16-14-15-10(2)11(3)21-14/h5-9H2,1-4H3,(H,15,16,18). The van der Waals surface area contributed by atoms with Crippen molar-refractivity contribution >= 4 is 28.3 Å². The third-order valence-corrected chi connectivity index (χ3v) is 4.03. The number of methoxy groups -OCH3 is 1. The molecule has 0 saturated heterocycles. The Balaban J connectivity index is 2.56. The van der Waals surface area contributed by atoms with Crippen LogP contribution in [0.3, 0.4) is 0 Å². The van der Waals surface area contributed by atoms with Crippen molar-refractivity contribution in [1.82, 2.24) is 9.88 Å². The molecule has 0 aliphatic heterocycles. The summed E-state index contributed by atoms with van der Waals surface area (Å²) in [6, 6.07) is 0. The van der Waals surface area contributed by atoms with Gasteiger partial charge in [0.05, 0.1) is 12.2 Å². The normalized spacial score (nSPS) is 10.5. The fourth-order valence-corrected chi connectivity index (χ4v) is 2.60. The van der Waals surface area contributed by atoms with E-state index in [1.54, 1.807) is 18.9 Å². The van der Waals surface area contributed by atoms with Crippen LogP contribution in [-0.2, 0) is 14.3 Å². The number of carbonyl (C=O) groups excluding carboxylic acids is 2. The number of aryl methyl sites for hydroxylation is 2. The van der Waals surface area contributed by atoms with E-state index in [0.29, 0.717) is 31.1 Å². The molecule has 0 atom stereocenters. The van der Waals surface area contributed by atoms with Crippen LogP contribution in [0.4, 0.5) is 5.13 Å². The molecule has 0 aliphatic rings. The fraction of sp³-hybridized carbons (Fsp3) is 0.643. The molecule has 0 saturated carbocycles. The van der Waals surface area contributed by atoms with E-state index in [1.165, 1.54) is 11.3 Å². The molecule has 1 aromatic rings. The van der Waals surface area contributed by atoms with Gasteiger partial charge in [-0.2, -0.15) is 0 Å². The Bertz CT molecular complexity index is 468. The van der Waals surface area contributed by atoms with Gasteiger partial charge in [-0.25, -0.2) is 4.98 Å². The van der Waals surface area contributed by atoms with Crippen LogP contribution in [0.5, 0.6) is 0 Å². The fourth-order valence-electron chi connectivity index (χ4n) is 1.77. The minimum absolute atomic E-state index is 0.0345. The zero-order valence-electron chi connectivity index (χ0n) is 13.1. The maximum absolute atomic E-state index is 12.0. The van der Waals surface area contributed by atoms with Crippen LogP contribution in [0.25, 0.3) is 0 Å². The molecule has 0 fully saturated rings. The van der Waals surface area contributed by atoms with Gasteiger partial charge < -0.3 is 15.0 Å². The lowest BCUT2D eigenvalue weighted by molar-refractivity contribution is -0.134. The predicted molar refractivity (Wildman–Crippen MR) is 83.6 cm³/mol. The molecular formula is C14H23N3O3S. The second-order valence-electron chi connectivity index (χ2n) is 4.72.